The number of pyridine rings is 1. The quantitative estimate of drug-likeness (QED) is 0.806. The van der Waals surface area contributed by atoms with Crippen molar-refractivity contribution in [3.8, 4) is 0 Å². The van der Waals surface area contributed by atoms with E-state index in [9.17, 15) is 4.79 Å². The summed E-state index contributed by atoms with van der Waals surface area (Å²) in [6, 6.07) is 5.80. The monoisotopic (exact) mass is 412 g/mol. The molecule has 4 heterocycles. The number of nitrogens with zero attached hydrogens (tertiary/aromatic N) is 4. The SMILES string of the molecule is Cl.Cl.O=C(Nc1ccc(N2CCCC2)nc1)C1(n2cccn2)CCNCC1. The second-order valence-electron chi connectivity index (χ2n) is 6.79. The molecule has 0 saturated carbocycles. The molecule has 0 aromatic carbocycles. The first-order valence-corrected chi connectivity index (χ1v) is 9.01. The van der Waals surface area contributed by atoms with Gasteiger partial charge in [-0.1, -0.05) is 0 Å². The van der Waals surface area contributed by atoms with E-state index < -0.39 is 5.54 Å². The van der Waals surface area contributed by atoms with E-state index in [1.54, 1.807) is 17.1 Å². The van der Waals surface area contributed by atoms with Gasteiger partial charge in [0.25, 0.3) is 5.91 Å². The number of carbonyl (C=O) groups excluding carboxylic acids is 1. The maximum Gasteiger partial charge on any atom is 0.252 e. The first kappa shape index (κ1) is 21.5. The van der Waals surface area contributed by atoms with Crippen LogP contribution in [0.2, 0.25) is 0 Å². The molecule has 1 amide bonds. The highest BCUT2D eigenvalue weighted by atomic mass is 35.5. The lowest BCUT2D eigenvalue weighted by atomic mass is 9.87. The van der Waals surface area contributed by atoms with Crippen molar-refractivity contribution in [2.45, 2.75) is 31.2 Å². The summed E-state index contributed by atoms with van der Waals surface area (Å²) in [6.07, 6.45) is 9.24. The highest BCUT2D eigenvalue weighted by Crippen LogP contribution is 2.29. The molecule has 2 fully saturated rings. The third kappa shape index (κ3) is 4.36. The number of amides is 1. The van der Waals surface area contributed by atoms with Crippen molar-refractivity contribution in [3.63, 3.8) is 0 Å². The third-order valence-electron chi connectivity index (χ3n) is 5.23. The molecule has 4 rings (SSSR count). The summed E-state index contributed by atoms with van der Waals surface area (Å²) in [5.41, 5.74) is 0.0977. The van der Waals surface area contributed by atoms with Crippen molar-refractivity contribution in [1.82, 2.24) is 20.1 Å². The lowest BCUT2D eigenvalue weighted by Crippen LogP contribution is -2.52. The number of hydrogen-bond donors (Lipinski definition) is 2. The summed E-state index contributed by atoms with van der Waals surface area (Å²) in [5, 5.41) is 10.7. The minimum Gasteiger partial charge on any atom is -0.357 e. The van der Waals surface area contributed by atoms with Crippen LogP contribution in [0.1, 0.15) is 25.7 Å². The Kier molecular flexibility index (Phi) is 7.47. The Bertz CT molecular complexity index is 710. The van der Waals surface area contributed by atoms with Crippen LogP contribution in [0.25, 0.3) is 0 Å². The third-order valence-corrected chi connectivity index (χ3v) is 5.23. The van der Waals surface area contributed by atoms with Gasteiger partial charge in [0.1, 0.15) is 11.4 Å². The predicted molar refractivity (Wildman–Crippen MR) is 111 cm³/mol. The fraction of sp³-hybridized carbons (Fsp3) is 0.500. The molecule has 2 aliphatic heterocycles. The van der Waals surface area contributed by atoms with Gasteiger partial charge < -0.3 is 15.5 Å². The summed E-state index contributed by atoms with van der Waals surface area (Å²) in [5.74, 6) is 0.965. The second kappa shape index (κ2) is 9.39. The van der Waals surface area contributed by atoms with Crippen LogP contribution in [0, 0.1) is 0 Å². The molecule has 148 valence electrons. The van der Waals surface area contributed by atoms with Gasteiger partial charge in [0.05, 0.1) is 11.9 Å². The number of rotatable bonds is 4. The Morgan fingerprint density at radius 2 is 1.89 bits per heavy atom. The lowest BCUT2D eigenvalue weighted by molar-refractivity contribution is -0.126. The molecule has 0 unspecified atom stereocenters. The molecular weight excluding hydrogens is 387 g/mol. The van der Waals surface area contributed by atoms with E-state index in [1.165, 1.54) is 12.8 Å². The van der Waals surface area contributed by atoms with Crippen molar-refractivity contribution < 1.29 is 4.79 Å². The van der Waals surface area contributed by atoms with Crippen molar-refractivity contribution >= 4 is 42.2 Å². The first-order valence-electron chi connectivity index (χ1n) is 9.01. The van der Waals surface area contributed by atoms with E-state index in [0.29, 0.717) is 0 Å². The topological polar surface area (TPSA) is 75.1 Å². The summed E-state index contributed by atoms with van der Waals surface area (Å²) < 4.78 is 1.80. The molecule has 0 atom stereocenters. The van der Waals surface area contributed by atoms with Gasteiger partial charge in [0.2, 0.25) is 0 Å². The zero-order chi connectivity index (χ0) is 17.1. The fourth-order valence-electron chi connectivity index (χ4n) is 3.76. The van der Waals surface area contributed by atoms with E-state index in [1.807, 2.05) is 24.4 Å². The number of nitrogens with one attached hydrogen (secondary N) is 2. The normalized spacial score (nSPS) is 18.3. The van der Waals surface area contributed by atoms with E-state index in [-0.39, 0.29) is 30.7 Å². The molecule has 2 N–H and O–H groups in total. The van der Waals surface area contributed by atoms with Gasteiger partial charge >= 0.3 is 0 Å². The van der Waals surface area contributed by atoms with Gasteiger partial charge in [-0.15, -0.1) is 24.8 Å². The molecule has 2 aromatic heterocycles. The van der Waals surface area contributed by atoms with Crippen molar-refractivity contribution in [1.29, 1.82) is 0 Å². The van der Waals surface area contributed by atoms with Crippen LogP contribution < -0.4 is 15.5 Å². The Morgan fingerprint density at radius 3 is 2.48 bits per heavy atom. The molecular formula is C18H26Cl2N6O. The minimum atomic E-state index is -0.637. The van der Waals surface area contributed by atoms with Crippen LogP contribution in [0.5, 0.6) is 0 Å². The molecule has 0 bridgehead atoms. The Balaban J connectivity index is 0.00000131. The number of hydrogen-bond acceptors (Lipinski definition) is 5. The molecule has 27 heavy (non-hydrogen) atoms. The Morgan fingerprint density at radius 1 is 1.15 bits per heavy atom. The Hall–Kier alpha value is -1.83. The summed E-state index contributed by atoms with van der Waals surface area (Å²) in [4.78, 5) is 19.9. The maximum absolute atomic E-state index is 13.1. The van der Waals surface area contributed by atoms with Crippen LogP contribution >= 0.6 is 24.8 Å². The molecule has 2 aliphatic rings. The standard InChI is InChI=1S/C18H24N6O.2ClH/c25-17(18(6-9-19-10-7-18)24-13-3-8-21-24)22-15-4-5-16(20-14-15)23-11-1-2-12-23;;/h3-5,8,13-14,19H,1-2,6-7,9-12H2,(H,22,25);2*1H. The van der Waals surface area contributed by atoms with Gasteiger partial charge in [0.15, 0.2) is 0 Å². The largest absolute Gasteiger partial charge is 0.357 e. The van der Waals surface area contributed by atoms with E-state index in [4.69, 9.17) is 0 Å². The van der Waals surface area contributed by atoms with Crippen molar-refractivity contribution in [3.05, 3.63) is 36.8 Å². The summed E-state index contributed by atoms with van der Waals surface area (Å²) in [7, 11) is 0. The molecule has 7 nitrogen and oxygen atoms in total. The van der Waals surface area contributed by atoms with Crippen LogP contribution in [0.4, 0.5) is 11.5 Å². The molecule has 0 aliphatic carbocycles. The summed E-state index contributed by atoms with van der Waals surface area (Å²) >= 11 is 0. The van der Waals surface area contributed by atoms with Gasteiger partial charge in [-0.25, -0.2) is 4.98 Å². The zero-order valence-corrected chi connectivity index (χ0v) is 16.8. The van der Waals surface area contributed by atoms with Gasteiger partial charge in [-0.2, -0.15) is 5.10 Å². The number of halogens is 2. The van der Waals surface area contributed by atoms with Gasteiger partial charge in [-0.05, 0) is 57.0 Å². The molecule has 0 radical (unpaired) electrons. The van der Waals surface area contributed by atoms with E-state index in [0.717, 1.165) is 50.5 Å². The average Bonchev–Trinajstić information content (AvgIpc) is 3.37. The molecule has 2 aromatic rings. The summed E-state index contributed by atoms with van der Waals surface area (Å²) in [6.45, 7) is 3.74. The number of carbonyl (C=O) groups is 1. The fourth-order valence-corrected chi connectivity index (χ4v) is 3.76. The Labute approximate surface area is 171 Å². The number of aromatic nitrogens is 3. The zero-order valence-electron chi connectivity index (χ0n) is 15.1. The number of piperidine rings is 1. The van der Waals surface area contributed by atoms with Crippen LogP contribution in [-0.2, 0) is 10.3 Å². The van der Waals surface area contributed by atoms with Crippen molar-refractivity contribution in [2.24, 2.45) is 0 Å². The van der Waals surface area contributed by atoms with Gasteiger partial charge in [-0.3, -0.25) is 9.48 Å². The lowest BCUT2D eigenvalue weighted by Gasteiger charge is -2.36. The molecule has 9 heteroatoms. The van der Waals surface area contributed by atoms with Crippen LogP contribution in [0.3, 0.4) is 0 Å². The highest BCUT2D eigenvalue weighted by molar-refractivity contribution is 5.96. The van der Waals surface area contributed by atoms with Crippen molar-refractivity contribution in [2.75, 3.05) is 36.4 Å². The predicted octanol–water partition coefficient (Wildman–Crippen LogP) is 2.44. The smallest absolute Gasteiger partial charge is 0.252 e. The molecule has 2 saturated heterocycles. The maximum atomic E-state index is 13.1. The van der Waals surface area contributed by atoms with E-state index >= 15 is 0 Å². The minimum absolute atomic E-state index is 0. The van der Waals surface area contributed by atoms with Crippen LogP contribution in [-0.4, -0.2) is 46.9 Å². The second-order valence-corrected chi connectivity index (χ2v) is 6.79. The van der Waals surface area contributed by atoms with Gasteiger partial charge in [0, 0.05) is 25.5 Å². The molecule has 0 spiro atoms. The first-order chi connectivity index (χ1) is 12.3. The van der Waals surface area contributed by atoms with Crippen LogP contribution in [0.15, 0.2) is 36.8 Å². The average molecular weight is 413 g/mol. The van der Waals surface area contributed by atoms with E-state index in [2.05, 4.69) is 25.6 Å². The highest BCUT2D eigenvalue weighted by Gasteiger charge is 2.42. The number of anilines is 2.